The molecular weight excluding hydrogens is 314 g/mol. The van der Waals surface area contributed by atoms with Crippen LogP contribution in [0.15, 0.2) is 72.8 Å². The Morgan fingerprint density at radius 2 is 1.52 bits per heavy atom. The molecule has 0 saturated carbocycles. The Morgan fingerprint density at radius 3 is 2.24 bits per heavy atom. The summed E-state index contributed by atoms with van der Waals surface area (Å²) in [7, 11) is 0. The van der Waals surface area contributed by atoms with Crippen LogP contribution in [0.3, 0.4) is 0 Å². The van der Waals surface area contributed by atoms with E-state index in [4.69, 9.17) is 0 Å². The molecule has 0 aliphatic carbocycles. The highest BCUT2D eigenvalue weighted by Crippen LogP contribution is 2.17. The Hall–Kier alpha value is -3.14. The molecule has 0 aromatic heterocycles. The summed E-state index contributed by atoms with van der Waals surface area (Å²) in [4.78, 5) is 23.7. The predicted molar refractivity (Wildman–Crippen MR) is 97.4 cm³/mol. The predicted octanol–water partition coefficient (Wildman–Crippen LogP) is 3.19. The number of hydrogen-bond donors (Lipinski definition) is 2. The van der Waals surface area contributed by atoms with Crippen LogP contribution in [0.2, 0.25) is 0 Å². The minimum atomic E-state index is -1.03. The number of amides is 1. The van der Waals surface area contributed by atoms with Crippen LogP contribution in [-0.4, -0.2) is 23.0 Å². The standard InChI is InChI=1S/C21H19NO3/c23-20(14-15-6-2-1-3-7-15)22-19(21(24)25)13-16-10-11-17-8-4-5-9-18(17)12-16/h1-12,19H,13-14H2,(H,22,23)(H,24,25)/t19-/m1/s1. The van der Waals surface area contributed by atoms with Crippen molar-refractivity contribution in [1.82, 2.24) is 5.32 Å². The van der Waals surface area contributed by atoms with E-state index in [-0.39, 0.29) is 18.7 Å². The van der Waals surface area contributed by atoms with Crippen LogP contribution < -0.4 is 5.32 Å². The third-order valence-corrected chi connectivity index (χ3v) is 4.09. The summed E-state index contributed by atoms with van der Waals surface area (Å²) in [5.74, 6) is -1.33. The van der Waals surface area contributed by atoms with Crippen molar-refractivity contribution in [3.8, 4) is 0 Å². The van der Waals surface area contributed by atoms with Crippen molar-refractivity contribution in [3.63, 3.8) is 0 Å². The van der Waals surface area contributed by atoms with Gasteiger partial charge in [-0.15, -0.1) is 0 Å². The van der Waals surface area contributed by atoms with Gasteiger partial charge in [0.2, 0.25) is 5.91 Å². The summed E-state index contributed by atoms with van der Waals surface area (Å²) in [6.07, 6.45) is 0.420. The molecule has 3 aromatic carbocycles. The summed E-state index contributed by atoms with van der Waals surface area (Å²) >= 11 is 0. The third kappa shape index (κ3) is 4.44. The van der Waals surface area contributed by atoms with E-state index in [0.29, 0.717) is 0 Å². The van der Waals surface area contributed by atoms with Crippen molar-refractivity contribution in [2.75, 3.05) is 0 Å². The number of fused-ring (bicyclic) bond motifs is 1. The van der Waals surface area contributed by atoms with E-state index in [1.165, 1.54) is 0 Å². The highest BCUT2D eigenvalue weighted by molar-refractivity contribution is 5.86. The summed E-state index contributed by atoms with van der Waals surface area (Å²) in [5.41, 5.74) is 1.74. The van der Waals surface area contributed by atoms with Crippen LogP contribution in [0.25, 0.3) is 10.8 Å². The Balaban J connectivity index is 1.70. The maximum Gasteiger partial charge on any atom is 0.326 e. The summed E-state index contributed by atoms with van der Waals surface area (Å²) in [6, 6.07) is 22.1. The van der Waals surface area contributed by atoms with E-state index in [1.807, 2.05) is 72.8 Å². The van der Waals surface area contributed by atoms with Gasteiger partial charge in [-0.3, -0.25) is 4.79 Å². The van der Waals surface area contributed by atoms with Crippen LogP contribution in [0.5, 0.6) is 0 Å². The molecule has 0 aliphatic heterocycles. The molecule has 0 fully saturated rings. The smallest absolute Gasteiger partial charge is 0.326 e. The highest BCUT2D eigenvalue weighted by Gasteiger charge is 2.20. The number of carbonyl (C=O) groups excluding carboxylic acids is 1. The fraction of sp³-hybridized carbons (Fsp3) is 0.143. The Bertz CT molecular complexity index is 890. The lowest BCUT2D eigenvalue weighted by molar-refractivity contribution is -0.141. The zero-order chi connectivity index (χ0) is 17.6. The molecule has 126 valence electrons. The van der Waals surface area contributed by atoms with E-state index in [1.54, 1.807) is 0 Å². The highest BCUT2D eigenvalue weighted by atomic mass is 16.4. The molecule has 3 aromatic rings. The molecule has 1 atom stereocenters. The average molecular weight is 333 g/mol. The number of hydrogen-bond acceptors (Lipinski definition) is 2. The van der Waals surface area contributed by atoms with E-state index in [9.17, 15) is 14.7 Å². The van der Waals surface area contributed by atoms with Crippen molar-refractivity contribution in [1.29, 1.82) is 0 Å². The van der Waals surface area contributed by atoms with Crippen LogP contribution >= 0.6 is 0 Å². The first kappa shape index (κ1) is 16.7. The van der Waals surface area contributed by atoms with Crippen LogP contribution in [0.1, 0.15) is 11.1 Å². The second kappa shape index (κ2) is 7.62. The monoisotopic (exact) mass is 333 g/mol. The van der Waals surface area contributed by atoms with Crippen LogP contribution in [0.4, 0.5) is 0 Å². The second-order valence-corrected chi connectivity index (χ2v) is 6.01. The van der Waals surface area contributed by atoms with Gasteiger partial charge in [0.25, 0.3) is 0 Å². The average Bonchev–Trinajstić information content (AvgIpc) is 2.62. The Kier molecular flexibility index (Phi) is 5.09. The van der Waals surface area contributed by atoms with Gasteiger partial charge in [-0.2, -0.15) is 0 Å². The van der Waals surface area contributed by atoms with Crippen molar-refractivity contribution in [2.45, 2.75) is 18.9 Å². The minimum Gasteiger partial charge on any atom is -0.480 e. The van der Waals surface area contributed by atoms with Gasteiger partial charge in [-0.25, -0.2) is 4.79 Å². The molecule has 0 heterocycles. The fourth-order valence-corrected chi connectivity index (χ4v) is 2.83. The molecular formula is C21H19NO3. The van der Waals surface area contributed by atoms with Crippen LogP contribution in [-0.2, 0) is 22.4 Å². The molecule has 4 heteroatoms. The van der Waals surface area contributed by atoms with Crippen molar-refractivity contribution in [2.24, 2.45) is 0 Å². The molecule has 1 amide bonds. The number of carboxylic acids is 1. The maximum absolute atomic E-state index is 12.2. The van der Waals surface area contributed by atoms with Gasteiger partial charge in [0.15, 0.2) is 0 Å². The number of rotatable bonds is 6. The topological polar surface area (TPSA) is 66.4 Å². The van der Waals surface area contributed by atoms with Gasteiger partial charge in [0.1, 0.15) is 6.04 Å². The van der Waals surface area contributed by atoms with E-state index < -0.39 is 12.0 Å². The quantitative estimate of drug-likeness (QED) is 0.728. The molecule has 0 bridgehead atoms. The largest absolute Gasteiger partial charge is 0.480 e. The summed E-state index contributed by atoms with van der Waals surface area (Å²) in [5, 5.41) is 14.2. The molecule has 0 aliphatic rings. The number of benzene rings is 3. The summed E-state index contributed by atoms with van der Waals surface area (Å²) in [6.45, 7) is 0. The zero-order valence-electron chi connectivity index (χ0n) is 13.7. The normalized spacial score (nSPS) is 11.8. The van der Waals surface area contributed by atoms with Gasteiger partial charge in [-0.05, 0) is 21.9 Å². The van der Waals surface area contributed by atoms with E-state index in [2.05, 4.69) is 5.32 Å². The third-order valence-electron chi connectivity index (χ3n) is 4.09. The maximum atomic E-state index is 12.2. The molecule has 0 spiro atoms. The molecule has 0 radical (unpaired) electrons. The Labute approximate surface area is 146 Å². The van der Waals surface area contributed by atoms with E-state index >= 15 is 0 Å². The Morgan fingerprint density at radius 1 is 0.840 bits per heavy atom. The van der Waals surface area contributed by atoms with Gasteiger partial charge >= 0.3 is 5.97 Å². The number of carbonyl (C=O) groups is 2. The minimum absolute atomic E-state index is 0.169. The van der Waals surface area contributed by atoms with Gasteiger partial charge < -0.3 is 10.4 Å². The zero-order valence-corrected chi connectivity index (χ0v) is 13.7. The number of aliphatic carboxylic acids is 1. The van der Waals surface area contributed by atoms with Crippen molar-refractivity contribution >= 4 is 22.6 Å². The molecule has 3 rings (SSSR count). The van der Waals surface area contributed by atoms with Crippen molar-refractivity contribution < 1.29 is 14.7 Å². The van der Waals surface area contributed by atoms with Crippen molar-refractivity contribution in [3.05, 3.63) is 83.9 Å². The molecule has 2 N–H and O–H groups in total. The molecule has 0 saturated heterocycles. The first-order valence-electron chi connectivity index (χ1n) is 8.15. The van der Waals surface area contributed by atoms with Crippen LogP contribution in [0, 0.1) is 0 Å². The fourth-order valence-electron chi connectivity index (χ4n) is 2.83. The lowest BCUT2D eigenvalue weighted by Crippen LogP contribution is -2.43. The lowest BCUT2D eigenvalue weighted by Gasteiger charge is -2.15. The summed E-state index contributed by atoms with van der Waals surface area (Å²) < 4.78 is 0. The first-order chi connectivity index (χ1) is 12.1. The molecule has 25 heavy (non-hydrogen) atoms. The SMILES string of the molecule is O=C(Cc1ccccc1)N[C@H](Cc1ccc2ccccc2c1)C(=O)O. The lowest BCUT2D eigenvalue weighted by atomic mass is 10.0. The molecule has 0 unspecified atom stereocenters. The first-order valence-corrected chi connectivity index (χ1v) is 8.15. The van der Waals surface area contributed by atoms with Gasteiger partial charge in [0.05, 0.1) is 6.42 Å². The number of nitrogens with one attached hydrogen (secondary N) is 1. The van der Waals surface area contributed by atoms with Gasteiger partial charge in [0, 0.05) is 6.42 Å². The van der Waals surface area contributed by atoms with Gasteiger partial charge in [-0.1, -0.05) is 72.8 Å². The number of carboxylic acid groups (broad SMARTS) is 1. The molecule has 4 nitrogen and oxygen atoms in total. The van der Waals surface area contributed by atoms with E-state index in [0.717, 1.165) is 21.9 Å². The second-order valence-electron chi connectivity index (χ2n) is 6.01.